The van der Waals surface area contributed by atoms with Crippen molar-refractivity contribution >= 4 is 17.6 Å². The van der Waals surface area contributed by atoms with Crippen LogP contribution in [0.2, 0.25) is 0 Å². The summed E-state index contributed by atoms with van der Waals surface area (Å²) in [5, 5.41) is 0. The highest BCUT2D eigenvalue weighted by atomic mass is 16.2. The standard InChI is InChI=1S/C19H23N5O3/c1-21(2)19(27)22-10-13-6-7-14(12-22)24(11-13)18(26)15-9-20-16-5-3-4-8-23(16)17(15)25/h3-5,8-9,13-14H,6-7,10-12H2,1-2H3/t13-,14+/m0/s1. The van der Waals surface area contributed by atoms with Gasteiger partial charge in [0, 0.05) is 52.2 Å². The number of aromatic nitrogens is 2. The van der Waals surface area contributed by atoms with Crippen LogP contribution in [0.15, 0.2) is 35.4 Å². The van der Waals surface area contributed by atoms with Crippen molar-refractivity contribution in [1.29, 1.82) is 0 Å². The van der Waals surface area contributed by atoms with Crippen LogP contribution in [0, 0.1) is 5.92 Å². The maximum Gasteiger partial charge on any atom is 0.319 e. The summed E-state index contributed by atoms with van der Waals surface area (Å²) < 4.78 is 1.39. The van der Waals surface area contributed by atoms with E-state index in [1.54, 1.807) is 48.3 Å². The van der Waals surface area contributed by atoms with Gasteiger partial charge in [-0.1, -0.05) is 6.07 Å². The molecule has 3 amide bonds. The van der Waals surface area contributed by atoms with Gasteiger partial charge in [-0.15, -0.1) is 0 Å². The number of amides is 3. The van der Waals surface area contributed by atoms with E-state index in [0.29, 0.717) is 25.3 Å². The van der Waals surface area contributed by atoms with Crippen LogP contribution in [-0.4, -0.2) is 75.8 Å². The van der Waals surface area contributed by atoms with Crippen LogP contribution in [-0.2, 0) is 0 Å². The van der Waals surface area contributed by atoms with Crippen LogP contribution in [0.4, 0.5) is 4.79 Å². The third-order valence-electron chi connectivity index (χ3n) is 5.47. The Kier molecular flexibility index (Phi) is 4.33. The minimum Gasteiger partial charge on any atom is -0.333 e. The van der Waals surface area contributed by atoms with Crippen LogP contribution >= 0.6 is 0 Å². The molecule has 3 aliphatic heterocycles. The van der Waals surface area contributed by atoms with E-state index in [0.717, 1.165) is 12.8 Å². The molecule has 0 aliphatic carbocycles. The molecule has 27 heavy (non-hydrogen) atoms. The second-order valence-electron chi connectivity index (χ2n) is 7.54. The summed E-state index contributed by atoms with van der Waals surface area (Å²) in [7, 11) is 3.47. The fraction of sp³-hybridized carbons (Fsp3) is 0.474. The smallest absolute Gasteiger partial charge is 0.319 e. The summed E-state index contributed by atoms with van der Waals surface area (Å²) in [6.45, 7) is 1.71. The van der Waals surface area contributed by atoms with Gasteiger partial charge in [0.05, 0.1) is 0 Å². The molecule has 142 valence electrons. The normalized spacial score (nSPS) is 22.0. The van der Waals surface area contributed by atoms with Crippen molar-refractivity contribution in [2.45, 2.75) is 18.9 Å². The maximum absolute atomic E-state index is 13.2. The van der Waals surface area contributed by atoms with E-state index in [9.17, 15) is 14.4 Å². The van der Waals surface area contributed by atoms with Gasteiger partial charge in [0.1, 0.15) is 11.2 Å². The average molecular weight is 369 g/mol. The van der Waals surface area contributed by atoms with Gasteiger partial charge in [0.15, 0.2) is 0 Å². The molecule has 2 bridgehead atoms. The molecule has 2 aromatic heterocycles. The zero-order valence-electron chi connectivity index (χ0n) is 15.5. The Labute approximate surface area is 157 Å². The second-order valence-corrected chi connectivity index (χ2v) is 7.54. The number of fused-ring (bicyclic) bond motifs is 5. The molecule has 3 saturated heterocycles. The highest BCUT2D eigenvalue weighted by Crippen LogP contribution is 2.29. The number of urea groups is 1. The Morgan fingerprint density at radius 3 is 2.74 bits per heavy atom. The van der Waals surface area contributed by atoms with Gasteiger partial charge < -0.3 is 14.7 Å². The second kappa shape index (κ2) is 6.68. The molecule has 0 radical (unpaired) electrons. The number of carbonyl (C=O) groups excluding carboxylic acids is 2. The summed E-state index contributed by atoms with van der Waals surface area (Å²) in [5.41, 5.74) is 0.239. The number of nitrogens with zero attached hydrogens (tertiary/aromatic N) is 5. The van der Waals surface area contributed by atoms with E-state index < -0.39 is 0 Å². The van der Waals surface area contributed by atoms with Crippen LogP contribution in [0.25, 0.3) is 5.65 Å². The fourth-order valence-electron chi connectivity index (χ4n) is 4.10. The van der Waals surface area contributed by atoms with Crippen molar-refractivity contribution in [2.75, 3.05) is 33.7 Å². The molecule has 8 nitrogen and oxygen atoms in total. The first kappa shape index (κ1) is 17.5. The lowest BCUT2D eigenvalue weighted by Gasteiger charge is -2.35. The van der Waals surface area contributed by atoms with Gasteiger partial charge in [-0.05, 0) is 30.9 Å². The Hall–Kier alpha value is -2.90. The number of hydrogen-bond donors (Lipinski definition) is 0. The van der Waals surface area contributed by atoms with Gasteiger partial charge in [0.25, 0.3) is 11.5 Å². The molecule has 0 saturated carbocycles. The average Bonchev–Trinajstić information content (AvgIpc) is 2.99. The maximum atomic E-state index is 13.2. The third-order valence-corrected chi connectivity index (χ3v) is 5.47. The summed E-state index contributed by atoms with van der Waals surface area (Å²) in [4.78, 5) is 47.8. The Morgan fingerprint density at radius 2 is 1.96 bits per heavy atom. The Morgan fingerprint density at radius 1 is 1.15 bits per heavy atom. The summed E-state index contributed by atoms with van der Waals surface area (Å²) in [6.07, 6.45) is 4.82. The van der Waals surface area contributed by atoms with Crippen LogP contribution in [0.3, 0.4) is 0 Å². The molecule has 2 atom stereocenters. The third kappa shape index (κ3) is 3.05. The zero-order valence-corrected chi connectivity index (χ0v) is 15.5. The van der Waals surface area contributed by atoms with Gasteiger partial charge in [-0.2, -0.15) is 0 Å². The molecule has 5 rings (SSSR count). The monoisotopic (exact) mass is 369 g/mol. The summed E-state index contributed by atoms with van der Waals surface area (Å²) in [6, 6.07) is 5.16. The number of rotatable bonds is 1. The van der Waals surface area contributed by atoms with Gasteiger partial charge >= 0.3 is 6.03 Å². The first-order valence-corrected chi connectivity index (χ1v) is 9.19. The van der Waals surface area contributed by atoms with E-state index in [1.807, 2.05) is 4.90 Å². The number of carbonyl (C=O) groups is 2. The lowest BCUT2D eigenvalue weighted by molar-refractivity contribution is 0.0583. The van der Waals surface area contributed by atoms with Crippen LogP contribution < -0.4 is 5.56 Å². The predicted molar refractivity (Wildman–Crippen MR) is 99.7 cm³/mol. The highest BCUT2D eigenvalue weighted by molar-refractivity contribution is 5.94. The SMILES string of the molecule is CN(C)C(=O)N1C[C@@H]2CC[C@H](C1)N(C(=O)c1cnc3ccccn3c1=O)C2. The number of pyridine rings is 1. The molecule has 8 heteroatoms. The van der Waals surface area contributed by atoms with Gasteiger partial charge in [-0.3, -0.25) is 14.0 Å². The fourth-order valence-corrected chi connectivity index (χ4v) is 4.10. The topological polar surface area (TPSA) is 78.2 Å². The van der Waals surface area contributed by atoms with Crippen LogP contribution in [0.5, 0.6) is 0 Å². The molecule has 0 aromatic carbocycles. The largest absolute Gasteiger partial charge is 0.333 e. The molecule has 3 aliphatic rings. The van der Waals surface area contributed by atoms with Crippen LogP contribution in [0.1, 0.15) is 23.2 Å². The summed E-state index contributed by atoms with van der Waals surface area (Å²) >= 11 is 0. The van der Waals surface area contributed by atoms with Crippen molar-refractivity contribution in [1.82, 2.24) is 24.1 Å². The molecule has 3 fully saturated rings. The zero-order chi connectivity index (χ0) is 19.1. The van der Waals surface area contributed by atoms with Crippen molar-refractivity contribution in [3.05, 3.63) is 46.5 Å². The highest BCUT2D eigenvalue weighted by Gasteiger charge is 2.39. The molecule has 0 unspecified atom stereocenters. The van der Waals surface area contributed by atoms with Crippen molar-refractivity contribution in [2.24, 2.45) is 5.92 Å². The Bertz CT molecular complexity index is 954. The van der Waals surface area contributed by atoms with E-state index >= 15 is 0 Å². The first-order valence-electron chi connectivity index (χ1n) is 9.19. The molecule has 0 N–H and O–H groups in total. The Balaban J connectivity index is 1.64. The lowest BCUT2D eigenvalue weighted by Crippen LogP contribution is -2.49. The van der Waals surface area contributed by atoms with Crippen molar-refractivity contribution < 1.29 is 9.59 Å². The minimum absolute atomic E-state index is 0.0337. The molecule has 0 spiro atoms. The van der Waals surface area contributed by atoms with E-state index in [-0.39, 0.29) is 35.0 Å². The van der Waals surface area contributed by atoms with E-state index in [2.05, 4.69) is 4.98 Å². The summed E-state index contributed by atoms with van der Waals surface area (Å²) in [5.74, 6) is -0.0626. The molecular weight excluding hydrogens is 346 g/mol. The minimum atomic E-state index is -0.355. The first-order chi connectivity index (χ1) is 13.0. The van der Waals surface area contributed by atoms with Crippen molar-refractivity contribution in [3.63, 3.8) is 0 Å². The van der Waals surface area contributed by atoms with Gasteiger partial charge in [-0.25, -0.2) is 9.78 Å². The molecular formula is C19H23N5O3. The van der Waals surface area contributed by atoms with Gasteiger partial charge in [0.2, 0.25) is 0 Å². The predicted octanol–water partition coefficient (Wildman–Crippen LogP) is 0.912. The van der Waals surface area contributed by atoms with Crippen molar-refractivity contribution in [3.8, 4) is 0 Å². The van der Waals surface area contributed by atoms with E-state index in [4.69, 9.17) is 0 Å². The molecule has 5 heterocycles. The number of hydrogen-bond acceptors (Lipinski definition) is 4. The van der Waals surface area contributed by atoms with E-state index in [1.165, 1.54) is 10.6 Å². The molecule has 2 aromatic rings. The lowest BCUT2D eigenvalue weighted by atomic mass is 9.94. The number of piperidine rings is 1. The quantitative estimate of drug-likeness (QED) is 0.749.